The maximum atomic E-state index is 12.6. The maximum Gasteiger partial charge on any atom is 0.237 e. The van der Waals surface area contributed by atoms with E-state index in [0.29, 0.717) is 25.2 Å². The van der Waals surface area contributed by atoms with E-state index >= 15 is 0 Å². The van der Waals surface area contributed by atoms with Crippen molar-refractivity contribution >= 4 is 5.91 Å². The molecular formula is C19H26N2O4. The van der Waals surface area contributed by atoms with Gasteiger partial charge in [-0.15, -0.1) is 0 Å². The van der Waals surface area contributed by atoms with E-state index in [4.69, 9.17) is 9.47 Å². The second-order valence-corrected chi connectivity index (χ2v) is 7.38. The molecule has 2 fully saturated rings. The standard InChI is InChI=1S/C19H26N2O4/c1-12(21-13-6-7-14(21)9-15(22)8-13)19(23)20-10-16-11-24-17-4-2-3-5-18(17)25-16/h2-5,12-16,22H,6-11H2,1H3,(H,20,23)/t12-,13-,14-,16-/m0/s1. The molecule has 2 N–H and O–H groups in total. The minimum Gasteiger partial charge on any atom is -0.486 e. The number of hydrogen-bond donors (Lipinski definition) is 2. The fourth-order valence-corrected chi connectivity index (χ4v) is 4.48. The number of hydrogen-bond acceptors (Lipinski definition) is 5. The molecule has 0 spiro atoms. The molecule has 2 saturated heterocycles. The first kappa shape index (κ1) is 16.7. The number of aliphatic hydroxyl groups is 1. The summed E-state index contributed by atoms with van der Waals surface area (Å²) in [6.07, 6.45) is 3.34. The second kappa shape index (κ2) is 6.84. The summed E-state index contributed by atoms with van der Waals surface area (Å²) in [5, 5.41) is 12.9. The highest BCUT2D eigenvalue weighted by Gasteiger charge is 2.44. The molecule has 1 aromatic rings. The molecule has 0 saturated carbocycles. The molecule has 0 aliphatic carbocycles. The van der Waals surface area contributed by atoms with Crippen molar-refractivity contribution < 1.29 is 19.4 Å². The molecule has 1 aromatic carbocycles. The van der Waals surface area contributed by atoms with Gasteiger partial charge in [-0.25, -0.2) is 0 Å². The second-order valence-electron chi connectivity index (χ2n) is 7.38. The van der Waals surface area contributed by atoms with E-state index in [2.05, 4.69) is 10.2 Å². The van der Waals surface area contributed by atoms with Crippen molar-refractivity contribution in [3.8, 4) is 11.5 Å². The van der Waals surface area contributed by atoms with Gasteiger partial charge in [0, 0.05) is 12.1 Å². The average Bonchev–Trinajstić information content (AvgIpc) is 2.90. The number of aliphatic hydroxyl groups excluding tert-OH is 1. The van der Waals surface area contributed by atoms with Gasteiger partial charge >= 0.3 is 0 Å². The van der Waals surface area contributed by atoms with Crippen LogP contribution in [0.4, 0.5) is 0 Å². The molecule has 3 aliphatic heterocycles. The first-order valence-corrected chi connectivity index (χ1v) is 9.23. The Labute approximate surface area is 148 Å². The molecule has 2 bridgehead atoms. The molecule has 3 aliphatic rings. The summed E-state index contributed by atoms with van der Waals surface area (Å²) in [5.41, 5.74) is 0. The van der Waals surface area contributed by atoms with Crippen LogP contribution in [0.1, 0.15) is 32.6 Å². The van der Waals surface area contributed by atoms with Crippen LogP contribution in [0.5, 0.6) is 11.5 Å². The van der Waals surface area contributed by atoms with Crippen molar-refractivity contribution in [2.45, 2.75) is 62.9 Å². The van der Waals surface area contributed by atoms with Crippen LogP contribution in [0.15, 0.2) is 24.3 Å². The van der Waals surface area contributed by atoms with Crippen LogP contribution in [0.2, 0.25) is 0 Å². The van der Waals surface area contributed by atoms with Crippen LogP contribution in [-0.2, 0) is 4.79 Å². The Balaban J connectivity index is 1.31. The summed E-state index contributed by atoms with van der Waals surface area (Å²) in [7, 11) is 0. The molecule has 136 valence electrons. The summed E-state index contributed by atoms with van der Waals surface area (Å²) >= 11 is 0. The number of amides is 1. The first-order chi connectivity index (χ1) is 12.1. The van der Waals surface area contributed by atoms with Gasteiger partial charge in [0.25, 0.3) is 0 Å². The van der Waals surface area contributed by atoms with Crippen molar-refractivity contribution in [3.05, 3.63) is 24.3 Å². The Morgan fingerprint density at radius 3 is 2.68 bits per heavy atom. The smallest absolute Gasteiger partial charge is 0.237 e. The minimum atomic E-state index is -0.211. The number of carbonyl (C=O) groups is 1. The predicted molar refractivity (Wildman–Crippen MR) is 92.7 cm³/mol. The van der Waals surface area contributed by atoms with Crippen LogP contribution < -0.4 is 14.8 Å². The van der Waals surface area contributed by atoms with Gasteiger partial charge in [-0.1, -0.05) is 12.1 Å². The lowest BCUT2D eigenvalue weighted by molar-refractivity contribution is -0.129. The molecule has 25 heavy (non-hydrogen) atoms. The number of para-hydroxylation sites is 2. The third-order valence-corrected chi connectivity index (χ3v) is 5.66. The number of fused-ring (bicyclic) bond motifs is 3. The number of piperidine rings is 1. The highest BCUT2D eigenvalue weighted by molar-refractivity contribution is 5.81. The van der Waals surface area contributed by atoms with Gasteiger partial charge in [-0.2, -0.15) is 0 Å². The number of nitrogens with one attached hydrogen (secondary N) is 1. The van der Waals surface area contributed by atoms with Gasteiger partial charge in [0.1, 0.15) is 12.7 Å². The largest absolute Gasteiger partial charge is 0.486 e. The molecule has 0 unspecified atom stereocenters. The molecular weight excluding hydrogens is 320 g/mol. The Morgan fingerprint density at radius 2 is 1.96 bits per heavy atom. The number of ether oxygens (including phenoxy) is 2. The molecule has 3 heterocycles. The zero-order valence-corrected chi connectivity index (χ0v) is 14.6. The van der Waals surface area contributed by atoms with Crippen LogP contribution in [-0.4, -0.2) is 59.4 Å². The minimum absolute atomic E-state index is 0.0238. The zero-order chi connectivity index (χ0) is 17.4. The average molecular weight is 346 g/mol. The Morgan fingerprint density at radius 1 is 1.28 bits per heavy atom. The summed E-state index contributed by atoms with van der Waals surface area (Å²) in [4.78, 5) is 14.9. The zero-order valence-electron chi connectivity index (χ0n) is 14.6. The highest BCUT2D eigenvalue weighted by atomic mass is 16.6. The van der Waals surface area contributed by atoms with E-state index in [9.17, 15) is 9.90 Å². The van der Waals surface area contributed by atoms with Crippen LogP contribution in [0.25, 0.3) is 0 Å². The van der Waals surface area contributed by atoms with E-state index < -0.39 is 0 Å². The quantitative estimate of drug-likeness (QED) is 0.860. The van der Waals surface area contributed by atoms with Gasteiger partial charge in [0.2, 0.25) is 5.91 Å². The van der Waals surface area contributed by atoms with Crippen molar-refractivity contribution in [2.75, 3.05) is 13.2 Å². The van der Waals surface area contributed by atoms with E-state index in [-0.39, 0.29) is 24.2 Å². The van der Waals surface area contributed by atoms with E-state index in [1.165, 1.54) is 0 Å². The molecule has 4 rings (SSSR count). The monoisotopic (exact) mass is 346 g/mol. The highest BCUT2D eigenvalue weighted by Crippen LogP contribution is 2.37. The van der Waals surface area contributed by atoms with Crippen LogP contribution in [0, 0.1) is 0 Å². The Bertz CT molecular complexity index is 624. The van der Waals surface area contributed by atoms with Gasteiger partial charge in [-0.05, 0) is 44.7 Å². The lowest BCUT2D eigenvalue weighted by Gasteiger charge is -2.40. The van der Waals surface area contributed by atoms with Crippen LogP contribution in [0.3, 0.4) is 0 Å². The molecule has 6 heteroatoms. The SMILES string of the molecule is C[C@@H](C(=O)NC[C@H]1COc2ccccc2O1)N1[C@H]2CC[C@H]1CC(O)C2. The molecule has 6 nitrogen and oxygen atoms in total. The number of nitrogens with zero attached hydrogens (tertiary/aromatic N) is 1. The summed E-state index contributed by atoms with van der Waals surface area (Å²) in [6, 6.07) is 8.06. The number of benzene rings is 1. The van der Waals surface area contributed by atoms with Crippen LogP contribution >= 0.6 is 0 Å². The molecule has 1 amide bonds. The Hall–Kier alpha value is -1.79. The van der Waals surface area contributed by atoms with Crippen molar-refractivity contribution in [2.24, 2.45) is 0 Å². The Kier molecular flexibility index (Phi) is 4.56. The topological polar surface area (TPSA) is 71.0 Å². The molecule has 0 aromatic heterocycles. The fourth-order valence-electron chi connectivity index (χ4n) is 4.48. The maximum absolute atomic E-state index is 12.6. The normalized spacial score (nSPS) is 32.2. The van der Waals surface area contributed by atoms with Gasteiger partial charge < -0.3 is 19.9 Å². The summed E-state index contributed by atoms with van der Waals surface area (Å²) in [5.74, 6) is 1.50. The lowest BCUT2D eigenvalue weighted by atomic mass is 9.98. The molecule has 0 radical (unpaired) electrons. The lowest BCUT2D eigenvalue weighted by Crippen LogP contribution is -2.55. The van der Waals surface area contributed by atoms with Crippen molar-refractivity contribution in [3.63, 3.8) is 0 Å². The van der Waals surface area contributed by atoms with Gasteiger partial charge in [0.15, 0.2) is 11.5 Å². The third kappa shape index (κ3) is 3.33. The van der Waals surface area contributed by atoms with E-state index in [1.54, 1.807) is 0 Å². The van der Waals surface area contributed by atoms with E-state index in [0.717, 1.165) is 37.2 Å². The number of carbonyl (C=O) groups excluding carboxylic acids is 1. The summed E-state index contributed by atoms with van der Waals surface area (Å²) < 4.78 is 11.6. The van der Waals surface area contributed by atoms with E-state index in [1.807, 2.05) is 31.2 Å². The fraction of sp³-hybridized carbons (Fsp3) is 0.632. The first-order valence-electron chi connectivity index (χ1n) is 9.23. The van der Waals surface area contributed by atoms with Crippen molar-refractivity contribution in [1.82, 2.24) is 10.2 Å². The van der Waals surface area contributed by atoms with Gasteiger partial charge in [-0.3, -0.25) is 9.69 Å². The number of rotatable bonds is 4. The third-order valence-electron chi connectivity index (χ3n) is 5.66. The van der Waals surface area contributed by atoms with Gasteiger partial charge in [0.05, 0.1) is 18.7 Å². The predicted octanol–water partition coefficient (Wildman–Crippen LogP) is 1.32. The summed E-state index contributed by atoms with van der Waals surface area (Å²) in [6.45, 7) is 2.84. The van der Waals surface area contributed by atoms with Crippen molar-refractivity contribution in [1.29, 1.82) is 0 Å². The molecule has 4 atom stereocenters.